The maximum Gasteiger partial charge on any atom is 0.304 e. The Bertz CT molecular complexity index is 1820. The van der Waals surface area contributed by atoms with Gasteiger partial charge in [-0.15, -0.1) is 0 Å². The van der Waals surface area contributed by atoms with Gasteiger partial charge in [0.05, 0.1) is 31.0 Å². The second-order valence-corrected chi connectivity index (χ2v) is 14.1. The number of piperidine rings is 1. The summed E-state index contributed by atoms with van der Waals surface area (Å²) in [4.78, 5) is 47.3. The van der Waals surface area contributed by atoms with Crippen molar-refractivity contribution in [3.8, 4) is 11.3 Å². The number of nitrogens with one attached hydrogen (secondary N) is 2. The minimum absolute atomic E-state index is 0.0987. The summed E-state index contributed by atoms with van der Waals surface area (Å²) in [5.74, 6) is -0.162. The Balaban J connectivity index is 1.18. The van der Waals surface area contributed by atoms with Crippen LogP contribution in [-0.2, 0) is 28.4 Å². The molecule has 3 aromatic carbocycles. The molecule has 0 bridgehead atoms. The van der Waals surface area contributed by atoms with Crippen molar-refractivity contribution in [2.45, 2.75) is 44.5 Å². The van der Waals surface area contributed by atoms with Gasteiger partial charge in [-0.05, 0) is 78.4 Å². The highest BCUT2D eigenvalue weighted by Crippen LogP contribution is 2.33. The lowest BCUT2D eigenvalue weighted by Crippen LogP contribution is -2.35. The van der Waals surface area contributed by atoms with E-state index in [1.165, 1.54) is 23.7 Å². The Morgan fingerprint density at radius 2 is 1.57 bits per heavy atom. The third-order valence-electron chi connectivity index (χ3n) is 9.14. The molecular weight excluding hydrogens is 663 g/mol. The number of amides is 2. The molecule has 2 amide bonds. The Labute approximate surface area is 303 Å². The third-order valence-corrected chi connectivity index (χ3v) is 10.2. The van der Waals surface area contributed by atoms with Crippen LogP contribution >= 0.6 is 11.8 Å². The Kier molecular flexibility index (Phi) is 12.7. The Morgan fingerprint density at radius 3 is 2.39 bits per heavy atom. The summed E-state index contributed by atoms with van der Waals surface area (Å²) in [6.07, 6.45) is 5.20. The fourth-order valence-corrected chi connectivity index (χ4v) is 7.29. The van der Waals surface area contributed by atoms with E-state index in [9.17, 15) is 14.4 Å². The van der Waals surface area contributed by atoms with Gasteiger partial charge in [0, 0.05) is 79.3 Å². The number of carbonyl (C=O) groups excluding carboxylic acids is 2. The van der Waals surface area contributed by atoms with Crippen LogP contribution in [0.25, 0.3) is 11.3 Å². The molecule has 3 N–H and O–H groups in total. The number of hydrogen-bond donors (Lipinski definition) is 3. The molecule has 0 radical (unpaired) electrons. The lowest BCUT2D eigenvalue weighted by Gasteiger charge is -2.29. The molecule has 6 rings (SSSR count). The normalized spacial score (nSPS) is 14.9. The van der Waals surface area contributed by atoms with E-state index >= 15 is 0 Å². The molecule has 0 saturated carbocycles. The van der Waals surface area contributed by atoms with Gasteiger partial charge in [0.15, 0.2) is 0 Å². The number of anilines is 2. The molecule has 51 heavy (non-hydrogen) atoms. The van der Waals surface area contributed by atoms with Crippen molar-refractivity contribution < 1.29 is 24.2 Å². The first-order chi connectivity index (χ1) is 24.9. The predicted molar refractivity (Wildman–Crippen MR) is 202 cm³/mol. The molecule has 0 spiro atoms. The predicted octanol–water partition coefficient (Wildman–Crippen LogP) is 6.46. The van der Waals surface area contributed by atoms with Gasteiger partial charge in [-0.25, -0.2) is 0 Å². The molecule has 266 valence electrons. The topological polar surface area (TPSA) is 124 Å². The number of ether oxygens (including phenoxy) is 1. The second kappa shape index (κ2) is 18.0. The van der Waals surface area contributed by atoms with Crippen molar-refractivity contribution in [2.75, 3.05) is 55.4 Å². The quantitative estimate of drug-likeness (QED) is 0.127. The largest absolute Gasteiger partial charge is 0.481 e. The average molecular weight is 708 g/mol. The third kappa shape index (κ3) is 10.4. The monoisotopic (exact) mass is 707 g/mol. The Hall–Kier alpha value is -4.71. The number of hydrogen-bond acceptors (Lipinski definition) is 8. The number of nitrogens with zero attached hydrogens (tertiary/aromatic N) is 3. The second-order valence-electron chi connectivity index (χ2n) is 12.9. The molecule has 2 aliphatic heterocycles. The minimum Gasteiger partial charge on any atom is -0.481 e. The van der Waals surface area contributed by atoms with E-state index in [1.807, 2.05) is 42.5 Å². The van der Waals surface area contributed by atoms with E-state index in [4.69, 9.17) is 9.84 Å². The van der Waals surface area contributed by atoms with Crippen LogP contribution in [0.15, 0.2) is 85.1 Å². The maximum absolute atomic E-state index is 13.6. The van der Waals surface area contributed by atoms with Gasteiger partial charge in [0.25, 0.3) is 11.8 Å². The van der Waals surface area contributed by atoms with Gasteiger partial charge < -0.3 is 25.4 Å². The van der Waals surface area contributed by atoms with Crippen LogP contribution in [0, 0.1) is 0 Å². The summed E-state index contributed by atoms with van der Waals surface area (Å²) < 4.78 is 5.47. The number of carboxylic acids is 1. The SMILES string of the molecule is O=C(O)CCSCc1cccc(C(=O)Nc2ccc(N3CCCCC3)cc2-c2cc(C(=O)NCc3cccc(CN4CCOCC4)c3)ccn2)c1. The number of thioether (sulfide) groups is 1. The first kappa shape index (κ1) is 36.1. The van der Waals surface area contributed by atoms with Crippen molar-refractivity contribution in [3.63, 3.8) is 0 Å². The maximum atomic E-state index is 13.6. The summed E-state index contributed by atoms with van der Waals surface area (Å²) in [6, 6.07) is 25.2. The van der Waals surface area contributed by atoms with Crippen LogP contribution in [0.5, 0.6) is 0 Å². The van der Waals surface area contributed by atoms with E-state index in [0.29, 0.717) is 40.6 Å². The summed E-state index contributed by atoms with van der Waals surface area (Å²) in [6.45, 7) is 6.53. The number of morpholine rings is 1. The molecule has 0 aliphatic carbocycles. The minimum atomic E-state index is -0.820. The van der Waals surface area contributed by atoms with Gasteiger partial charge in [0.2, 0.25) is 0 Å². The molecule has 10 nitrogen and oxygen atoms in total. The molecule has 3 heterocycles. The van der Waals surface area contributed by atoms with Gasteiger partial charge >= 0.3 is 5.97 Å². The molecule has 11 heteroatoms. The first-order valence-corrected chi connectivity index (χ1v) is 18.8. The van der Waals surface area contributed by atoms with E-state index < -0.39 is 5.97 Å². The number of rotatable bonds is 14. The van der Waals surface area contributed by atoms with Gasteiger partial charge in [-0.3, -0.25) is 24.3 Å². The lowest BCUT2D eigenvalue weighted by molar-refractivity contribution is -0.136. The van der Waals surface area contributed by atoms with Crippen molar-refractivity contribution in [2.24, 2.45) is 0 Å². The van der Waals surface area contributed by atoms with Gasteiger partial charge in [0.1, 0.15) is 0 Å². The molecule has 2 saturated heterocycles. The summed E-state index contributed by atoms with van der Waals surface area (Å²) in [5, 5.41) is 15.1. The van der Waals surface area contributed by atoms with Crippen molar-refractivity contribution >= 4 is 40.9 Å². The first-order valence-electron chi connectivity index (χ1n) is 17.6. The zero-order chi connectivity index (χ0) is 35.4. The van der Waals surface area contributed by atoms with Gasteiger partial charge in [-0.2, -0.15) is 11.8 Å². The fourth-order valence-electron chi connectivity index (χ4n) is 6.41. The average Bonchev–Trinajstić information content (AvgIpc) is 3.17. The highest BCUT2D eigenvalue weighted by molar-refractivity contribution is 7.98. The molecule has 1 aromatic heterocycles. The highest BCUT2D eigenvalue weighted by atomic mass is 32.2. The Morgan fingerprint density at radius 1 is 0.804 bits per heavy atom. The van der Waals surface area contributed by atoms with Crippen molar-refractivity contribution in [1.29, 1.82) is 0 Å². The summed E-state index contributed by atoms with van der Waals surface area (Å²) >= 11 is 1.52. The molecule has 2 fully saturated rings. The van der Waals surface area contributed by atoms with E-state index in [-0.39, 0.29) is 18.2 Å². The molecule has 2 aliphatic rings. The summed E-state index contributed by atoms with van der Waals surface area (Å²) in [5.41, 5.74) is 7.16. The standard InChI is InChI=1S/C40H45N5O5S/c46-38(47)13-21-51-28-31-8-5-9-32(23-31)40(49)43-36-11-10-34(45-15-2-1-3-16-45)25-35(36)37-24-33(12-14-41-37)39(48)42-26-29-6-4-7-30(22-29)27-44-17-19-50-20-18-44/h4-12,14,22-25H,1-3,13,15-21,26-28H2,(H,42,48)(H,43,49)(H,46,47). The fraction of sp³-hybridized carbons (Fsp3) is 0.350. The number of carbonyl (C=O) groups is 3. The number of benzene rings is 3. The number of pyridine rings is 1. The molecule has 0 unspecified atom stereocenters. The van der Waals surface area contributed by atoms with Crippen LogP contribution in [0.3, 0.4) is 0 Å². The van der Waals surface area contributed by atoms with Crippen LogP contribution in [-0.4, -0.2) is 77.9 Å². The summed E-state index contributed by atoms with van der Waals surface area (Å²) in [7, 11) is 0. The molecule has 0 atom stereocenters. The zero-order valence-corrected chi connectivity index (χ0v) is 29.6. The van der Waals surface area contributed by atoms with Crippen molar-refractivity contribution in [1.82, 2.24) is 15.2 Å². The zero-order valence-electron chi connectivity index (χ0n) is 28.8. The lowest BCUT2D eigenvalue weighted by atomic mass is 10.0. The molecule has 4 aromatic rings. The number of aromatic nitrogens is 1. The smallest absolute Gasteiger partial charge is 0.304 e. The molecular formula is C40H45N5O5S. The van der Waals surface area contributed by atoms with Crippen LogP contribution in [0.1, 0.15) is 63.1 Å². The number of aliphatic carboxylic acids is 1. The van der Waals surface area contributed by atoms with Crippen LogP contribution in [0.2, 0.25) is 0 Å². The van der Waals surface area contributed by atoms with Gasteiger partial charge in [-0.1, -0.05) is 36.4 Å². The van der Waals surface area contributed by atoms with Crippen LogP contribution in [0.4, 0.5) is 11.4 Å². The van der Waals surface area contributed by atoms with Crippen molar-refractivity contribution in [3.05, 3.63) is 113 Å². The van der Waals surface area contributed by atoms with E-state index in [2.05, 4.69) is 43.6 Å². The van der Waals surface area contributed by atoms with E-state index in [1.54, 1.807) is 24.4 Å². The van der Waals surface area contributed by atoms with E-state index in [0.717, 1.165) is 81.2 Å². The number of carboxylic acid groups (broad SMARTS) is 1. The highest BCUT2D eigenvalue weighted by Gasteiger charge is 2.18. The van der Waals surface area contributed by atoms with Crippen LogP contribution < -0.4 is 15.5 Å².